The number of allylic oxidation sites excluding steroid dienone is 4. The average Bonchev–Trinajstić information content (AvgIpc) is 2.18. The van der Waals surface area contributed by atoms with Crippen molar-refractivity contribution in [3.8, 4) is 0 Å². The first-order valence-corrected chi connectivity index (χ1v) is 5.32. The van der Waals surface area contributed by atoms with E-state index in [4.69, 9.17) is 0 Å². The lowest BCUT2D eigenvalue weighted by molar-refractivity contribution is -0.116. The molecule has 0 unspecified atom stereocenters. The number of hydrogen-bond donors (Lipinski definition) is 0. The Morgan fingerprint density at radius 3 is 1.80 bits per heavy atom. The summed E-state index contributed by atoms with van der Waals surface area (Å²) < 4.78 is 0. The topological polar surface area (TPSA) is 34.1 Å². The van der Waals surface area contributed by atoms with E-state index in [2.05, 4.69) is 13.8 Å². The van der Waals surface area contributed by atoms with Gasteiger partial charge in [-0.05, 0) is 33.1 Å². The molecule has 0 aromatic rings. The third kappa shape index (κ3) is 2.09. The summed E-state index contributed by atoms with van der Waals surface area (Å²) in [4.78, 5) is 23.8. The highest BCUT2D eigenvalue weighted by atomic mass is 16.1. The summed E-state index contributed by atoms with van der Waals surface area (Å²) in [6.45, 7) is 9.33. The van der Waals surface area contributed by atoms with Crippen molar-refractivity contribution in [1.29, 1.82) is 0 Å². The molecule has 1 rings (SSSR count). The molecule has 0 saturated carbocycles. The molecule has 2 nitrogen and oxygen atoms in total. The molecule has 15 heavy (non-hydrogen) atoms. The Balaban J connectivity index is 3.17. The lowest BCUT2D eigenvalue weighted by atomic mass is 9.82. The first-order chi connectivity index (χ1) is 6.86. The fraction of sp³-hybridized carbons (Fsp3) is 0.538. The second-order valence-electron chi connectivity index (χ2n) is 4.61. The van der Waals surface area contributed by atoms with Gasteiger partial charge in [0.15, 0.2) is 11.6 Å². The van der Waals surface area contributed by atoms with Crippen LogP contribution < -0.4 is 0 Å². The monoisotopic (exact) mass is 206 g/mol. The number of carbonyl (C=O) groups is 2. The van der Waals surface area contributed by atoms with Gasteiger partial charge in [0.05, 0.1) is 0 Å². The Bertz CT molecular complexity index is 381. The van der Waals surface area contributed by atoms with Crippen molar-refractivity contribution in [2.75, 3.05) is 0 Å². The second kappa shape index (κ2) is 4.13. The summed E-state index contributed by atoms with van der Waals surface area (Å²) >= 11 is 0. The molecule has 0 heterocycles. The van der Waals surface area contributed by atoms with Crippen molar-refractivity contribution in [1.82, 2.24) is 0 Å². The van der Waals surface area contributed by atoms with Crippen LogP contribution in [0.3, 0.4) is 0 Å². The largest absolute Gasteiger partial charge is 0.289 e. The highest BCUT2D eigenvalue weighted by Gasteiger charge is 2.27. The molecule has 0 amide bonds. The van der Waals surface area contributed by atoms with E-state index in [1.807, 2.05) is 0 Å². The van der Waals surface area contributed by atoms with Gasteiger partial charge in [-0.3, -0.25) is 9.59 Å². The van der Waals surface area contributed by atoms with Gasteiger partial charge < -0.3 is 0 Å². The van der Waals surface area contributed by atoms with E-state index >= 15 is 0 Å². The van der Waals surface area contributed by atoms with Crippen molar-refractivity contribution in [2.45, 2.75) is 41.0 Å². The summed E-state index contributed by atoms with van der Waals surface area (Å²) in [5.41, 5.74) is 2.56. The highest BCUT2D eigenvalue weighted by Crippen LogP contribution is 2.27. The molecule has 2 heteroatoms. The molecule has 1 aliphatic rings. The molecule has 0 aliphatic heterocycles. The number of rotatable bonds is 2. The molecular formula is C13H18O2. The van der Waals surface area contributed by atoms with Gasteiger partial charge in [-0.1, -0.05) is 13.8 Å². The molecule has 0 bridgehead atoms. The van der Waals surface area contributed by atoms with E-state index in [1.54, 1.807) is 20.8 Å². The Labute approximate surface area is 91.1 Å². The van der Waals surface area contributed by atoms with E-state index in [0.717, 1.165) is 0 Å². The van der Waals surface area contributed by atoms with Crippen LogP contribution in [0.2, 0.25) is 0 Å². The third-order valence-electron chi connectivity index (χ3n) is 2.92. The van der Waals surface area contributed by atoms with Crippen LogP contribution in [0.25, 0.3) is 0 Å². The van der Waals surface area contributed by atoms with Crippen molar-refractivity contribution < 1.29 is 9.59 Å². The summed E-state index contributed by atoms with van der Waals surface area (Å²) in [7, 11) is 0. The van der Waals surface area contributed by atoms with E-state index in [9.17, 15) is 9.59 Å². The van der Waals surface area contributed by atoms with Gasteiger partial charge in [0.1, 0.15) is 0 Å². The lowest BCUT2D eigenvalue weighted by Crippen LogP contribution is -2.21. The van der Waals surface area contributed by atoms with Gasteiger partial charge in [0.2, 0.25) is 0 Å². The SMILES string of the molecule is CC1=C(C)C(=O)C(CC(C)C)=C(C)C1=O. The summed E-state index contributed by atoms with van der Waals surface area (Å²) in [6, 6.07) is 0. The number of carbonyl (C=O) groups excluding carboxylic acids is 2. The molecule has 0 spiro atoms. The average molecular weight is 206 g/mol. The molecule has 0 atom stereocenters. The minimum absolute atomic E-state index is 0.0303. The van der Waals surface area contributed by atoms with Crippen molar-refractivity contribution in [2.24, 2.45) is 5.92 Å². The third-order valence-corrected chi connectivity index (χ3v) is 2.92. The van der Waals surface area contributed by atoms with Crippen LogP contribution in [-0.2, 0) is 9.59 Å². The Morgan fingerprint density at radius 2 is 1.33 bits per heavy atom. The quantitative estimate of drug-likeness (QED) is 0.651. The molecule has 0 aromatic heterocycles. The Morgan fingerprint density at radius 1 is 0.867 bits per heavy atom. The van der Waals surface area contributed by atoms with Crippen molar-refractivity contribution in [3.63, 3.8) is 0 Å². The van der Waals surface area contributed by atoms with Crippen LogP contribution in [0.15, 0.2) is 22.3 Å². The fourth-order valence-electron chi connectivity index (χ4n) is 1.81. The normalized spacial score (nSPS) is 18.3. The van der Waals surface area contributed by atoms with Gasteiger partial charge >= 0.3 is 0 Å². The van der Waals surface area contributed by atoms with Crippen LogP contribution >= 0.6 is 0 Å². The number of hydrogen-bond acceptors (Lipinski definition) is 2. The molecular weight excluding hydrogens is 188 g/mol. The molecule has 0 aromatic carbocycles. The maximum atomic E-state index is 12.0. The fourth-order valence-corrected chi connectivity index (χ4v) is 1.81. The molecule has 1 aliphatic carbocycles. The minimum Gasteiger partial charge on any atom is -0.289 e. The zero-order chi connectivity index (χ0) is 11.7. The lowest BCUT2D eigenvalue weighted by Gasteiger charge is -2.19. The Kier molecular flexibility index (Phi) is 3.28. The first-order valence-electron chi connectivity index (χ1n) is 5.32. The van der Waals surface area contributed by atoms with E-state index < -0.39 is 0 Å². The van der Waals surface area contributed by atoms with E-state index in [-0.39, 0.29) is 11.6 Å². The van der Waals surface area contributed by atoms with E-state index in [1.165, 1.54) is 0 Å². The van der Waals surface area contributed by atoms with Gasteiger partial charge in [-0.2, -0.15) is 0 Å². The molecule has 82 valence electrons. The Hall–Kier alpha value is -1.18. The van der Waals surface area contributed by atoms with Gasteiger partial charge in [-0.15, -0.1) is 0 Å². The molecule has 0 radical (unpaired) electrons. The predicted molar refractivity (Wildman–Crippen MR) is 60.5 cm³/mol. The van der Waals surface area contributed by atoms with Gasteiger partial charge in [0, 0.05) is 22.3 Å². The predicted octanol–water partition coefficient (Wildman–Crippen LogP) is 2.84. The smallest absolute Gasteiger partial charge is 0.185 e. The van der Waals surface area contributed by atoms with Crippen molar-refractivity contribution in [3.05, 3.63) is 22.3 Å². The standard InChI is InChI=1S/C13H18O2/c1-7(2)6-11-10(5)12(14)8(3)9(4)13(11)15/h7H,6H2,1-5H3. The molecule has 0 N–H and O–H groups in total. The summed E-state index contributed by atoms with van der Waals surface area (Å²) in [5.74, 6) is 0.485. The van der Waals surface area contributed by atoms with Gasteiger partial charge in [0.25, 0.3) is 0 Å². The highest BCUT2D eigenvalue weighted by molar-refractivity contribution is 6.24. The second-order valence-corrected chi connectivity index (χ2v) is 4.61. The zero-order valence-corrected chi connectivity index (χ0v) is 10.1. The number of Topliss-reactive ketones (excluding diaryl/α,β-unsaturated/α-hetero) is 2. The maximum absolute atomic E-state index is 12.0. The number of ketones is 2. The maximum Gasteiger partial charge on any atom is 0.185 e. The first kappa shape index (κ1) is 11.9. The van der Waals surface area contributed by atoms with Crippen LogP contribution in [0.5, 0.6) is 0 Å². The molecule has 0 saturated heterocycles. The van der Waals surface area contributed by atoms with Crippen LogP contribution in [0, 0.1) is 5.92 Å². The zero-order valence-electron chi connectivity index (χ0n) is 10.1. The minimum atomic E-state index is 0.0303. The van der Waals surface area contributed by atoms with Crippen LogP contribution in [0.1, 0.15) is 41.0 Å². The summed E-state index contributed by atoms with van der Waals surface area (Å²) in [5, 5.41) is 0. The van der Waals surface area contributed by atoms with Crippen LogP contribution in [0.4, 0.5) is 0 Å². The van der Waals surface area contributed by atoms with Crippen molar-refractivity contribution >= 4 is 11.6 Å². The van der Waals surface area contributed by atoms with Crippen LogP contribution in [-0.4, -0.2) is 11.6 Å². The van der Waals surface area contributed by atoms with Gasteiger partial charge in [-0.25, -0.2) is 0 Å². The molecule has 0 fully saturated rings. The van der Waals surface area contributed by atoms with E-state index in [0.29, 0.717) is 34.6 Å². The summed E-state index contributed by atoms with van der Waals surface area (Å²) in [6.07, 6.45) is 0.695.